The zero-order chi connectivity index (χ0) is 16.9. The molecule has 0 radical (unpaired) electrons. The number of nitrogens with one attached hydrogen (secondary N) is 1. The molecule has 0 unspecified atom stereocenters. The fourth-order valence-electron chi connectivity index (χ4n) is 2.22. The van der Waals surface area contributed by atoms with Gasteiger partial charge in [0.15, 0.2) is 5.82 Å². The van der Waals surface area contributed by atoms with Gasteiger partial charge < -0.3 is 4.74 Å². The van der Waals surface area contributed by atoms with Crippen LogP contribution in [-0.4, -0.2) is 26.1 Å². The molecule has 7 heteroatoms. The average Bonchev–Trinajstić information content (AvgIpc) is 2.93. The van der Waals surface area contributed by atoms with E-state index < -0.39 is 0 Å². The Kier molecular flexibility index (Phi) is 4.81. The van der Waals surface area contributed by atoms with Crippen LogP contribution in [0.1, 0.15) is 22.5 Å². The number of aromatic amines is 1. The van der Waals surface area contributed by atoms with Crippen molar-refractivity contribution in [3.63, 3.8) is 0 Å². The Balaban J connectivity index is 1.77. The smallest absolute Gasteiger partial charge is 0.216 e. The maximum Gasteiger partial charge on any atom is 0.216 e. The lowest BCUT2D eigenvalue weighted by Crippen LogP contribution is -2.05. The van der Waals surface area contributed by atoms with E-state index >= 15 is 0 Å². The van der Waals surface area contributed by atoms with Crippen molar-refractivity contribution in [2.45, 2.75) is 20.5 Å². The predicted molar refractivity (Wildman–Crippen MR) is 94.9 cm³/mol. The van der Waals surface area contributed by atoms with Crippen molar-refractivity contribution in [2.75, 3.05) is 0 Å². The maximum absolute atomic E-state index is 5.85. The Hall–Kier alpha value is -2.80. The normalized spacial score (nSPS) is 11.1. The van der Waals surface area contributed by atoms with E-state index in [1.165, 1.54) is 5.56 Å². The van der Waals surface area contributed by atoms with E-state index in [4.69, 9.17) is 17.0 Å². The van der Waals surface area contributed by atoms with Crippen molar-refractivity contribution in [1.82, 2.24) is 19.9 Å². The summed E-state index contributed by atoms with van der Waals surface area (Å²) in [4.78, 5) is 4.05. The van der Waals surface area contributed by atoms with Crippen LogP contribution in [-0.2, 0) is 6.61 Å². The Morgan fingerprint density at radius 2 is 2.21 bits per heavy atom. The highest BCUT2D eigenvalue weighted by Gasteiger charge is 2.07. The zero-order valence-electron chi connectivity index (χ0n) is 13.4. The van der Waals surface area contributed by atoms with Gasteiger partial charge in [-0.3, -0.25) is 4.98 Å². The fourth-order valence-corrected chi connectivity index (χ4v) is 2.42. The summed E-state index contributed by atoms with van der Waals surface area (Å²) in [7, 11) is 0. The van der Waals surface area contributed by atoms with Crippen LogP contribution in [0.25, 0.3) is 0 Å². The highest BCUT2D eigenvalue weighted by molar-refractivity contribution is 7.71. The molecule has 0 spiro atoms. The van der Waals surface area contributed by atoms with Crippen LogP contribution in [0.4, 0.5) is 0 Å². The molecule has 2 aromatic heterocycles. The summed E-state index contributed by atoms with van der Waals surface area (Å²) >= 11 is 5.22. The second-order valence-electron chi connectivity index (χ2n) is 5.35. The van der Waals surface area contributed by atoms with Crippen LogP contribution in [0.15, 0.2) is 47.8 Å². The summed E-state index contributed by atoms with van der Waals surface area (Å²) in [6, 6.07) is 9.80. The van der Waals surface area contributed by atoms with E-state index in [-0.39, 0.29) is 6.61 Å². The third kappa shape index (κ3) is 3.75. The summed E-state index contributed by atoms with van der Waals surface area (Å²) < 4.78 is 7.81. The summed E-state index contributed by atoms with van der Waals surface area (Å²) in [5, 5.41) is 11.3. The van der Waals surface area contributed by atoms with E-state index in [1.54, 1.807) is 23.3 Å². The predicted octanol–water partition coefficient (Wildman–Crippen LogP) is 3.41. The number of aromatic nitrogens is 4. The lowest BCUT2D eigenvalue weighted by Gasteiger charge is -2.09. The molecular weight excluding hydrogens is 322 g/mol. The van der Waals surface area contributed by atoms with Gasteiger partial charge in [-0.05, 0) is 43.8 Å². The van der Waals surface area contributed by atoms with Gasteiger partial charge >= 0.3 is 0 Å². The van der Waals surface area contributed by atoms with Crippen LogP contribution in [0.2, 0.25) is 0 Å². The molecule has 2 heterocycles. The first-order chi connectivity index (χ1) is 11.6. The number of hydrogen-bond donors (Lipinski definition) is 1. The van der Waals surface area contributed by atoms with Crippen LogP contribution in [0.3, 0.4) is 0 Å². The van der Waals surface area contributed by atoms with Gasteiger partial charge in [-0.1, -0.05) is 23.8 Å². The van der Waals surface area contributed by atoms with E-state index in [0.717, 1.165) is 16.9 Å². The highest BCUT2D eigenvalue weighted by Crippen LogP contribution is 2.19. The SMILES string of the molecule is Cc1ccc(OCc2n[nH]c(=S)n2/N=C\c2cccnc2)c(C)c1. The Morgan fingerprint density at radius 3 is 2.96 bits per heavy atom. The molecule has 3 aromatic rings. The van der Waals surface area contributed by atoms with Crippen molar-refractivity contribution in [3.8, 4) is 5.75 Å². The van der Waals surface area contributed by atoms with Gasteiger partial charge in [0.1, 0.15) is 12.4 Å². The Morgan fingerprint density at radius 1 is 1.33 bits per heavy atom. The number of H-pyrrole nitrogens is 1. The summed E-state index contributed by atoms with van der Waals surface area (Å²) in [5.74, 6) is 1.41. The molecule has 0 aliphatic heterocycles. The summed E-state index contributed by atoms with van der Waals surface area (Å²) in [5.41, 5.74) is 3.15. The van der Waals surface area contributed by atoms with E-state index in [2.05, 4.69) is 33.3 Å². The first kappa shape index (κ1) is 16.1. The lowest BCUT2D eigenvalue weighted by molar-refractivity contribution is 0.288. The summed E-state index contributed by atoms with van der Waals surface area (Å²) in [6.45, 7) is 4.33. The van der Waals surface area contributed by atoms with Crippen LogP contribution >= 0.6 is 12.2 Å². The third-order valence-electron chi connectivity index (χ3n) is 3.41. The minimum absolute atomic E-state index is 0.265. The quantitative estimate of drug-likeness (QED) is 0.571. The first-order valence-corrected chi connectivity index (χ1v) is 7.85. The van der Waals surface area contributed by atoms with Gasteiger partial charge in [0.25, 0.3) is 0 Å². The molecule has 0 fully saturated rings. The van der Waals surface area contributed by atoms with E-state index in [0.29, 0.717) is 10.6 Å². The molecule has 1 aromatic carbocycles. The minimum atomic E-state index is 0.265. The van der Waals surface area contributed by atoms with Crippen molar-refractivity contribution >= 4 is 18.4 Å². The van der Waals surface area contributed by atoms with Crippen LogP contribution in [0.5, 0.6) is 5.75 Å². The van der Waals surface area contributed by atoms with Crippen molar-refractivity contribution in [2.24, 2.45) is 5.10 Å². The van der Waals surface area contributed by atoms with Gasteiger partial charge in [-0.25, -0.2) is 5.10 Å². The van der Waals surface area contributed by atoms with Crippen molar-refractivity contribution < 1.29 is 4.74 Å². The molecule has 0 aliphatic carbocycles. The van der Waals surface area contributed by atoms with Crippen molar-refractivity contribution in [1.29, 1.82) is 0 Å². The Labute approximate surface area is 144 Å². The molecule has 24 heavy (non-hydrogen) atoms. The number of rotatable bonds is 5. The van der Waals surface area contributed by atoms with Gasteiger partial charge in [0.2, 0.25) is 4.77 Å². The molecule has 0 amide bonds. The molecule has 1 N–H and O–H groups in total. The lowest BCUT2D eigenvalue weighted by atomic mass is 10.1. The van der Waals surface area contributed by atoms with Gasteiger partial charge in [0.05, 0.1) is 6.21 Å². The largest absolute Gasteiger partial charge is 0.485 e. The first-order valence-electron chi connectivity index (χ1n) is 7.44. The number of nitrogens with zero attached hydrogens (tertiary/aromatic N) is 4. The second-order valence-corrected chi connectivity index (χ2v) is 5.73. The molecule has 0 aliphatic rings. The van der Waals surface area contributed by atoms with Crippen LogP contribution in [0, 0.1) is 18.6 Å². The molecular formula is C17H17N5OS. The molecule has 0 bridgehead atoms. The monoisotopic (exact) mass is 339 g/mol. The Bertz CT molecular complexity index is 914. The zero-order valence-corrected chi connectivity index (χ0v) is 14.2. The number of pyridine rings is 1. The molecule has 0 atom stereocenters. The maximum atomic E-state index is 5.85. The third-order valence-corrected chi connectivity index (χ3v) is 3.68. The van der Waals surface area contributed by atoms with Gasteiger partial charge in [-0.15, -0.1) is 0 Å². The minimum Gasteiger partial charge on any atom is -0.485 e. The number of benzene rings is 1. The molecule has 122 valence electrons. The molecule has 0 saturated carbocycles. The van der Waals surface area contributed by atoms with Crippen LogP contribution < -0.4 is 4.74 Å². The molecule has 0 saturated heterocycles. The summed E-state index contributed by atoms with van der Waals surface area (Å²) in [6.07, 6.45) is 5.11. The number of aryl methyl sites for hydroxylation is 2. The van der Waals surface area contributed by atoms with Gasteiger partial charge in [-0.2, -0.15) is 14.9 Å². The second kappa shape index (κ2) is 7.18. The van der Waals surface area contributed by atoms with E-state index in [1.807, 2.05) is 31.2 Å². The fraction of sp³-hybridized carbons (Fsp3) is 0.176. The number of hydrogen-bond acceptors (Lipinski definition) is 5. The molecule has 3 rings (SSSR count). The van der Waals surface area contributed by atoms with E-state index in [9.17, 15) is 0 Å². The topological polar surface area (TPSA) is 68.1 Å². The highest BCUT2D eigenvalue weighted by atomic mass is 32.1. The number of ether oxygens (including phenoxy) is 1. The standard InChI is InChI=1S/C17H17N5OS/c1-12-5-6-15(13(2)8-12)23-11-16-20-21-17(24)22(16)19-10-14-4-3-7-18-9-14/h3-10H,11H2,1-2H3,(H,21,24)/b19-10-. The average molecular weight is 339 g/mol. The van der Waals surface area contributed by atoms with Gasteiger partial charge in [0, 0.05) is 18.0 Å². The van der Waals surface area contributed by atoms with Crippen molar-refractivity contribution in [3.05, 3.63) is 70.0 Å². The molecule has 6 nitrogen and oxygen atoms in total.